The number of phenolic OH excluding ortho intramolecular Hbond substituents is 1. The molecule has 0 bridgehead atoms. The summed E-state index contributed by atoms with van der Waals surface area (Å²) < 4.78 is 0.670. The SMILES string of the molecule is CN=C(N)NCc1ccc(O)c(Br)c1. The number of nitrogens with two attached hydrogens (primary N) is 1. The predicted octanol–water partition coefficient (Wildman–Crippen LogP) is 1.19. The molecule has 0 heterocycles. The van der Waals surface area contributed by atoms with Crippen molar-refractivity contribution in [1.29, 1.82) is 0 Å². The Morgan fingerprint density at radius 3 is 2.93 bits per heavy atom. The molecular weight excluding hydrogens is 246 g/mol. The van der Waals surface area contributed by atoms with Crippen LogP contribution in [0.5, 0.6) is 5.75 Å². The summed E-state index contributed by atoms with van der Waals surface area (Å²) in [6.07, 6.45) is 0. The summed E-state index contributed by atoms with van der Waals surface area (Å²) in [5, 5.41) is 12.2. The first kappa shape index (κ1) is 10.8. The smallest absolute Gasteiger partial charge is 0.188 e. The highest BCUT2D eigenvalue weighted by Crippen LogP contribution is 2.23. The highest BCUT2D eigenvalue weighted by molar-refractivity contribution is 9.10. The van der Waals surface area contributed by atoms with Gasteiger partial charge in [0, 0.05) is 13.6 Å². The molecule has 4 N–H and O–H groups in total. The maximum Gasteiger partial charge on any atom is 0.188 e. The number of phenols is 1. The number of guanidine groups is 1. The van der Waals surface area contributed by atoms with Crippen molar-refractivity contribution >= 4 is 21.9 Å². The van der Waals surface area contributed by atoms with Crippen LogP contribution in [0.1, 0.15) is 5.56 Å². The average molecular weight is 258 g/mol. The summed E-state index contributed by atoms with van der Waals surface area (Å²) in [4.78, 5) is 3.77. The third-order valence-corrected chi connectivity index (χ3v) is 2.36. The van der Waals surface area contributed by atoms with Crippen molar-refractivity contribution < 1.29 is 5.11 Å². The minimum Gasteiger partial charge on any atom is -0.507 e. The lowest BCUT2D eigenvalue weighted by atomic mass is 10.2. The molecule has 14 heavy (non-hydrogen) atoms. The van der Waals surface area contributed by atoms with Crippen molar-refractivity contribution in [3.63, 3.8) is 0 Å². The number of hydrogen-bond donors (Lipinski definition) is 3. The Hall–Kier alpha value is -1.23. The normalized spacial score (nSPS) is 11.4. The second-order valence-corrected chi connectivity index (χ2v) is 3.60. The number of nitrogens with one attached hydrogen (secondary N) is 1. The maximum absolute atomic E-state index is 9.25. The molecule has 0 amide bonds. The lowest BCUT2D eigenvalue weighted by Gasteiger charge is -2.05. The van der Waals surface area contributed by atoms with Crippen LogP contribution in [-0.2, 0) is 6.54 Å². The molecule has 76 valence electrons. The van der Waals surface area contributed by atoms with Crippen molar-refractivity contribution in [2.24, 2.45) is 10.7 Å². The molecule has 0 radical (unpaired) electrons. The van der Waals surface area contributed by atoms with Gasteiger partial charge in [0.25, 0.3) is 0 Å². The molecular formula is C9H12BrN3O. The van der Waals surface area contributed by atoms with Gasteiger partial charge in [0.2, 0.25) is 0 Å². The zero-order chi connectivity index (χ0) is 10.6. The van der Waals surface area contributed by atoms with E-state index in [-0.39, 0.29) is 5.75 Å². The van der Waals surface area contributed by atoms with Crippen LogP contribution in [0.15, 0.2) is 27.7 Å². The summed E-state index contributed by atoms with van der Waals surface area (Å²) in [5.41, 5.74) is 6.48. The Labute approximate surface area is 91.0 Å². The topological polar surface area (TPSA) is 70.6 Å². The van der Waals surface area contributed by atoms with Gasteiger partial charge in [0.1, 0.15) is 5.75 Å². The number of nitrogens with zero attached hydrogens (tertiary/aromatic N) is 1. The van der Waals surface area contributed by atoms with E-state index in [1.54, 1.807) is 13.1 Å². The van der Waals surface area contributed by atoms with E-state index in [0.717, 1.165) is 5.56 Å². The number of halogens is 1. The number of hydrogen-bond acceptors (Lipinski definition) is 2. The minimum absolute atomic E-state index is 0.228. The van der Waals surface area contributed by atoms with E-state index >= 15 is 0 Å². The Bertz CT molecular complexity index is 352. The molecule has 0 fully saturated rings. The van der Waals surface area contributed by atoms with Crippen molar-refractivity contribution in [3.8, 4) is 5.75 Å². The van der Waals surface area contributed by atoms with Gasteiger partial charge < -0.3 is 16.2 Å². The zero-order valence-electron chi connectivity index (χ0n) is 7.79. The molecule has 1 rings (SSSR count). The van der Waals surface area contributed by atoms with Crippen LogP contribution in [-0.4, -0.2) is 18.1 Å². The largest absolute Gasteiger partial charge is 0.507 e. The Balaban J connectivity index is 2.64. The second kappa shape index (κ2) is 4.85. The number of rotatable bonds is 2. The highest BCUT2D eigenvalue weighted by atomic mass is 79.9. The van der Waals surface area contributed by atoms with Gasteiger partial charge in [0.05, 0.1) is 4.47 Å². The van der Waals surface area contributed by atoms with E-state index in [2.05, 4.69) is 26.2 Å². The molecule has 0 aliphatic heterocycles. The Morgan fingerprint density at radius 2 is 2.36 bits per heavy atom. The van der Waals surface area contributed by atoms with Gasteiger partial charge in [-0.05, 0) is 33.6 Å². The molecule has 1 aromatic rings. The van der Waals surface area contributed by atoms with Crippen LogP contribution in [0.3, 0.4) is 0 Å². The summed E-state index contributed by atoms with van der Waals surface area (Å²) in [6.45, 7) is 0.585. The van der Waals surface area contributed by atoms with E-state index in [4.69, 9.17) is 5.73 Å². The van der Waals surface area contributed by atoms with Crippen molar-refractivity contribution in [2.75, 3.05) is 7.05 Å². The molecule has 0 aromatic heterocycles. The van der Waals surface area contributed by atoms with Gasteiger partial charge in [-0.25, -0.2) is 0 Å². The van der Waals surface area contributed by atoms with Gasteiger partial charge in [-0.15, -0.1) is 0 Å². The summed E-state index contributed by atoms with van der Waals surface area (Å²) in [6, 6.07) is 5.27. The van der Waals surface area contributed by atoms with Crippen LogP contribution in [0.25, 0.3) is 0 Å². The fraction of sp³-hybridized carbons (Fsp3) is 0.222. The van der Waals surface area contributed by atoms with Crippen molar-refractivity contribution in [3.05, 3.63) is 28.2 Å². The highest BCUT2D eigenvalue weighted by Gasteiger charge is 1.99. The number of aromatic hydroxyl groups is 1. The third kappa shape index (κ3) is 2.92. The molecule has 0 saturated carbocycles. The first-order valence-electron chi connectivity index (χ1n) is 4.07. The molecule has 5 heteroatoms. The Morgan fingerprint density at radius 1 is 1.64 bits per heavy atom. The summed E-state index contributed by atoms with van der Waals surface area (Å²) in [5.74, 6) is 0.625. The summed E-state index contributed by atoms with van der Waals surface area (Å²) >= 11 is 3.23. The summed E-state index contributed by atoms with van der Waals surface area (Å²) in [7, 11) is 1.62. The molecule has 0 aliphatic rings. The van der Waals surface area contributed by atoms with Crippen LogP contribution in [0.2, 0.25) is 0 Å². The van der Waals surface area contributed by atoms with Gasteiger partial charge in [-0.3, -0.25) is 4.99 Å². The zero-order valence-corrected chi connectivity index (χ0v) is 9.37. The minimum atomic E-state index is 0.228. The lowest BCUT2D eigenvalue weighted by Crippen LogP contribution is -2.30. The van der Waals surface area contributed by atoms with Gasteiger partial charge >= 0.3 is 0 Å². The van der Waals surface area contributed by atoms with E-state index in [1.807, 2.05) is 12.1 Å². The van der Waals surface area contributed by atoms with Crippen LogP contribution < -0.4 is 11.1 Å². The molecule has 0 spiro atoms. The van der Waals surface area contributed by atoms with Gasteiger partial charge in [-0.1, -0.05) is 6.07 Å². The first-order chi connectivity index (χ1) is 6.63. The quantitative estimate of drug-likeness (QED) is 0.551. The lowest BCUT2D eigenvalue weighted by molar-refractivity contribution is 0.471. The average Bonchev–Trinajstić information content (AvgIpc) is 2.19. The van der Waals surface area contributed by atoms with Gasteiger partial charge in [0.15, 0.2) is 5.96 Å². The van der Waals surface area contributed by atoms with E-state index < -0.39 is 0 Å². The van der Waals surface area contributed by atoms with E-state index in [0.29, 0.717) is 17.0 Å². The van der Waals surface area contributed by atoms with E-state index in [1.165, 1.54) is 0 Å². The van der Waals surface area contributed by atoms with Crippen LogP contribution in [0.4, 0.5) is 0 Å². The third-order valence-electron chi connectivity index (χ3n) is 1.73. The van der Waals surface area contributed by atoms with E-state index in [9.17, 15) is 5.11 Å². The van der Waals surface area contributed by atoms with Crippen LogP contribution >= 0.6 is 15.9 Å². The standard InChI is InChI=1S/C9H12BrN3O/c1-12-9(11)13-5-6-2-3-8(14)7(10)4-6/h2-4,14H,5H2,1H3,(H3,11,12,13). The first-order valence-corrected chi connectivity index (χ1v) is 4.86. The molecule has 0 saturated heterocycles. The Kier molecular flexibility index (Phi) is 3.76. The molecule has 4 nitrogen and oxygen atoms in total. The van der Waals surface area contributed by atoms with Crippen molar-refractivity contribution in [2.45, 2.75) is 6.54 Å². The second-order valence-electron chi connectivity index (χ2n) is 2.75. The number of aliphatic imine (C=N–C) groups is 1. The predicted molar refractivity (Wildman–Crippen MR) is 60.2 cm³/mol. The van der Waals surface area contributed by atoms with Crippen molar-refractivity contribution in [1.82, 2.24) is 5.32 Å². The fourth-order valence-electron chi connectivity index (χ4n) is 0.932. The van der Waals surface area contributed by atoms with Crippen LogP contribution in [0, 0.1) is 0 Å². The maximum atomic E-state index is 9.25. The molecule has 0 atom stereocenters. The molecule has 0 unspecified atom stereocenters. The fourth-order valence-corrected chi connectivity index (χ4v) is 1.36. The molecule has 1 aromatic carbocycles. The molecule has 0 aliphatic carbocycles. The monoisotopic (exact) mass is 257 g/mol. The van der Waals surface area contributed by atoms with Gasteiger partial charge in [-0.2, -0.15) is 0 Å². The number of benzene rings is 1.